The average molecular weight is 485 g/mol. The second kappa shape index (κ2) is 9.07. The van der Waals surface area contributed by atoms with E-state index in [1.807, 2.05) is 60.7 Å². The fourth-order valence-electron chi connectivity index (χ4n) is 4.41. The average Bonchev–Trinajstić information content (AvgIpc) is 3.42. The molecule has 0 radical (unpaired) electrons. The minimum absolute atomic E-state index is 0.0431. The van der Waals surface area contributed by atoms with Crippen molar-refractivity contribution >= 4 is 34.4 Å². The Labute approximate surface area is 208 Å². The highest BCUT2D eigenvalue weighted by molar-refractivity contribution is 6.02. The maximum absolute atomic E-state index is 13.2. The van der Waals surface area contributed by atoms with Crippen molar-refractivity contribution in [2.24, 2.45) is 0 Å². The highest BCUT2D eigenvalue weighted by Crippen LogP contribution is 2.31. The Morgan fingerprint density at radius 1 is 1.06 bits per heavy atom. The van der Waals surface area contributed by atoms with E-state index in [2.05, 4.69) is 36.5 Å². The van der Waals surface area contributed by atoms with Crippen LogP contribution in [0.25, 0.3) is 16.6 Å². The Kier molecular flexibility index (Phi) is 5.91. The molecule has 1 aliphatic heterocycles. The molecule has 184 valence electrons. The highest BCUT2D eigenvalue weighted by Gasteiger charge is 2.32. The van der Waals surface area contributed by atoms with Gasteiger partial charge in [-0.2, -0.15) is 10.2 Å². The molecule has 9 nitrogen and oxygen atoms in total. The summed E-state index contributed by atoms with van der Waals surface area (Å²) in [5, 5.41) is 15.6. The van der Waals surface area contributed by atoms with Gasteiger partial charge >= 0.3 is 0 Å². The first-order valence-corrected chi connectivity index (χ1v) is 12.0. The number of carbonyl (C=O) groups is 3. The van der Waals surface area contributed by atoms with Crippen molar-refractivity contribution in [1.29, 1.82) is 0 Å². The number of rotatable bonds is 5. The zero-order valence-electron chi connectivity index (χ0n) is 20.5. The van der Waals surface area contributed by atoms with Gasteiger partial charge in [-0.1, -0.05) is 57.2 Å². The number of imide groups is 1. The number of fused-ring (bicyclic) bond motifs is 1. The summed E-state index contributed by atoms with van der Waals surface area (Å²) < 4.78 is 3.34. The van der Waals surface area contributed by atoms with Crippen LogP contribution in [0, 0.1) is 0 Å². The van der Waals surface area contributed by atoms with Crippen molar-refractivity contribution < 1.29 is 14.4 Å². The molecule has 3 amide bonds. The molecule has 1 unspecified atom stereocenters. The van der Waals surface area contributed by atoms with E-state index >= 15 is 0 Å². The van der Waals surface area contributed by atoms with Gasteiger partial charge in [-0.25, -0.2) is 4.68 Å². The third kappa shape index (κ3) is 4.51. The number of carbonyl (C=O) groups excluding carboxylic acids is 3. The zero-order chi connectivity index (χ0) is 25.4. The molecule has 1 aliphatic rings. The van der Waals surface area contributed by atoms with Gasteiger partial charge < -0.3 is 5.32 Å². The predicted octanol–water partition coefficient (Wildman–Crippen LogP) is 3.68. The van der Waals surface area contributed by atoms with Crippen LogP contribution in [0.1, 0.15) is 50.9 Å². The number of hydrogen-bond acceptors (Lipinski definition) is 5. The molecule has 5 rings (SSSR count). The van der Waals surface area contributed by atoms with Crippen molar-refractivity contribution in [3.05, 3.63) is 72.1 Å². The SMILES string of the molecule is CC(C)(C)c1cc(NC(=O)Cn2nc(C3CCC(=O)NC3=O)c3ccccc32)n(-c2ccccc2)n1. The van der Waals surface area contributed by atoms with E-state index in [9.17, 15) is 14.4 Å². The molecule has 0 aliphatic carbocycles. The highest BCUT2D eigenvalue weighted by atomic mass is 16.2. The van der Waals surface area contributed by atoms with E-state index in [4.69, 9.17) is 5.10 Å². The van der Waals surface area contributed by atoms with Crippen LogP contribution < -0.4 is 10.6 Å². The lowest BCUT2D eigenvalue weighted by Crippen LogP contribution is -2.39. The van der Waals surface area contributed by atoms with E-state index in [1.165, 1.54) is 0 Å². The summed E-state index contributed by atoms with van der Waals surface area (Å²) in [5.41, 5.74) is 2.82. The van der Waals surface area contributed by atoms with Crippen LogP contribution in [0.5, 0.6) is 0 Å². The second-order valence-electron chi connectivity index (χ2n) is 10.0. The first-order chi connectivity index (χ1) is 17.2. The molecule has 0 bridgehead atoms. The van der Waals surface area contributed by atoms with Gasteiger partial charge in [0.05, 0.1) is 28.5 Å². The van der Waals surface area contributed by atoms with Crippen LogP contribution in [-0.2, 0) is 26.3 Å². The molecule has 2 aromatic carbocycles. The number of hydrogen-bond donors (Lipinski definition) is 2. The van der Waals surface area contributed by atoms with Crippen molar-refractivity contribution in [2.45, 2.75) is 51.5 Å². The maximum Gasteiger partial charge on any atom is 0.247 e. The van der Waals surface area contributed by atoms with Crippen LogP contribution in [0.15, 0.2) is 60.7 Å². The number of nitrogens with zero attached hydrogens (tertiary/aromatic N) is 4. The topological polar surface area (TPSA) is 111 Å². The van der Waals surface area contributed by atoms with Crippen LogP contribution in [-0.4, -0.2) is 37.3 Å². The quantitative estimate of drug-likeness (QED) is 0.420. The maximum atomic E-state index is 13.2. The standard InChI is InChI=1S/C27H28N6O3/c1-27(2,3)21-15-22(33(30-21)17-9-5-4-6-10-17)28-24(35)16-32-20-12-8-7-11-18(20)25(31-32)19-13-14-23(34)29-26(19)36/h4-12,15,19H,13-14,16H2,1-3H3,(H,28,35)(H,29,34,36). The molecule has 4 aromatic rings. The van der Waals surface area contributed by atoms with Gasteiger partial charge in [0.2, 0.25) is 17.7 Å². The molecule has 0 spiro atoms. The lowest BCUT2D eigenvalue weighted by atomic mass is 9.92. The first kappa shape index (κ1) is 23.5. The monoisotopic (exact) mass is 484 g/mol. The van der Waals surface area contributed by atoms with E-state index in [0.717, 1.165) is 22.3 Å². The molecule has 2 N–H and O–H groups in total. The first-order valence-electron chi connectivity index (χ1n) is 12.0. The number of para-hydroxylation sites is 2. The summed E-state index contributed by atoms with van der Waals surface area (Å²) in [6.07, 6.45) is 0.654. The molecule has 36 heavy (non-hydrogen) atoms. The second-order valence-corrected chi connectivity index (χ2v) is 10.0. The molecular weight excluding hydrogens is 456 g/mol. The third-order valence-electron chi connectivity index (χ3n) is 6.30. The Hall–Kier alpha value is -4.27. The normalized spacial score (nSPS) is 16.2. The van der Waals surface area contributed by atoms with Crippen LogP contribution in [0.2, 0.25) is 0 Å². The van der Waals surface area contributed by atoms with Crippen molar-refractivity contribution in [1.82, 2.24) is 24.9 Å². The van der Waals surface area contributed by atoms with Gasteiger partial charge in [0, 0.05) is 23.3 Å². The molecule has 1 atom stereocenters. The summed E-state index contributed by atoms with van der Waals surface area (Å²) in [5.74, 6) is -0.865. The molecule has 2 aromatic heterocycles. The number of piperidine rings is 1. The van der Waals surface area contributed by atoms with Crippen molar-refractivity contribution in [3.8, 4) is 5.69 Å². The van der Waals surface area contributed by atoms with E-state index in [-0.39, 0.29) is 36.1 Å². The lowest BCUT2D eigenvalue weighted by Gasteiger charge is -2.19. The number of aromatic nitrogens is 4. The van der Waals surface area contributed by atoms with E-state index in [0.29, 0.717) is 17.9 Å². The molecule has 3 heterocycles. The number of nitrogens with one attached hydrogen (secondary N) is 2. The van der Waals surface area contributed by atoms with Gasteiger partial charge in [-0.05, 0) is 24.6 Å². The largest absolute Gasteiger partial charge is 0.309 e. The van der Waals surface area contributed by atoms with Crippen LogP contribution >= 0.6 is 0 Å². The molecule has 1 fully saturated rings. The van der Waals surface area contributed by atoms with Gasteiger partial charge in [0.1, 0.15) is 12.4 Å². The minimum Gasteiger partial charge on any atom is -0.309 e. The fourth-order valence-corrected chi connectivity index (χ4v) is 4.41. The van der Waals surface area contributed by atoms with Crippen LogP contribution in [0.4, 0.5) is 5.82 Å². The van der Waals surface area contributed by atoms with Gasteiger partial charge in [0.25, 0.3) is 0 Å². The van der Waals surface area contributed by atoms with E-state index < -0.39 is 5.92 Å². The van der Waals surface area contributed by atoms with Crippen LogP contribution in [0.3, 0.4) is 0 Å². The van der Waals surface area contributed by atoms with E-state index in [1.54, 1.807) is 9.36 Å². The summed E-state index contributed by atoms with van der Waals surface area (Å²) >= 11 is 0. The minimum atomic E-state index is -0.536. The van der Waals surface area contributed by atoms with Gasteiger partial charge in [-0.15, -0.1) is 0 Å². The third-order valence-corrected chi connectivity index (χ3v) is 6.30. The molecule has 9 heteroatoms. The summed E-state index contributed by atoms with van der Waals surface area (Å²) in [4.78, 5) is 37.3. The Morgan fingerprint density at radius 3 is 2.50 bits per heavy atom. The summed E-state index contributed by atoms with van der Waals surface area (Å²) in [6.45, 7) is 6.17. The summed E-state index contributed by atoms with van der Waals surface area (Å²) in [6, 6.07) is 19.0. The van der Waals surface area contributed by atoms with Crippen molar-refractivity contribution in [2.75, 3.05) is 5.32 Å². The fraction of sp³-hybridized carbons (Fsp3) is 0.296. The Bertz CT molecular complexity index is 1460. The van der Waals surface area contributed by atoms with Crippen molar-refractivity contribution in [3.63, 3.8) is 0 Å². The molecular formula is C27H28N6O3. The van der Waals surface area contributed by atoms with Gasteiger partial charge in [0.15, 0.2) is 0 Å². The molecule has 1 saturated heterocycles. The summed E-state index contributed by atoms with van der Waals surface area (Å²) in [7, 11) is 0. The zero-order valence-corrected chi connectivity index (χ0v) is 20.5. The number of benzene rings is 2. The Balaban J connectivity index is 1.45. The Morgan fingerprint density at radius 2 is 1.78 bits per heavy atom. The number of anilines is 1. The smallest absolute Gasteiger partial charge is 0.247 e. The predicted molar refractivity (Wildman–Crippen MR) is 136 cm³/mol. The lowest BCUT2D eigenvalue weighted by molar-refractivity contribution is -0.134. The molecule has 0 saturated carbocycles. The van der Waals surface area contributed by atoms with Gasteiger partial charge in [-0.3, -0.25) is 24.4 Å². The number of amides is 3.